The molecule has 0 spiro atoms. The van der Waals surface area contributed by atoms with E-state index in [1.54, 1.807) is 20.3 Å². The third-order valence-corrected chi connectivity index (χ3v) is 6.83. The van der Waals surface area contributed by atoms with Crippen LogP contribution < -0.4 is 9.47 Å². The fraction of sp³-hybridized carbons (Fsp3) is 0.423. The van der Waals surface area contributed by atoms with E-state index in [2.05, 4.69) is 0 Å². The Labute approximate surface area is 184 Å². The van der Waals surface area contributed by atoms with Crippen molar-refractivity contribution in [2.24, 2.45) is 5.92 Å². The van der Waals surface area contributed by atoms with E-state index in [-0.39, 0.29) is 17.9 Å². The number of nitrogens with zero attached hydrogens (tertiary/aromatic N) is 1. The summed E-state index contributed by atoms with van der Waals surface area (Å²) in [5, 5.41) is 11.5. The van der Waals surface area contributed by atoms with E-state index in [0.29, 0.717) is 24.5 Å². The molecule has 5 nitrogen and oxygen atoms in total. The van der Waals surface area contributed by atoms with Gasteiger partial charge in [0.15, 0.2) is 0 Å². The predicted octanol–water partition coefficient (Wildman–Crippen LogP) is 4.61. The van der Waals surface area contributed by atoms with Crippen LogP contribution in [0.15, 0.2) is 54.6 Å². The van der Waals surface area contributed by atoms with Crippen molar-refractivity contribution in [2.45, 2.75) is 43.7 Å². The highest BCUT2D eigenvalue weighted by molar-refractivity contribution is 5.92. The number of carbonyl (C=O) groups excluding carboxylic acids is 1. The highest BCUT2D eigenvalue weighted by Gasteiger charge is 2.50. The van der Waals surface area contributed by atoms with Crippen LogP contribution in [-0.4, -0.2) is 42.3 Å². The SMILES string of the molecule is COc1ccc(C2C3CCCCC3(O)CCN2C(=O)C=Cc2ccccc2)c(OC)c1. The van der Waals surface area contributed by atoms with Crippen LogP contribution in [0, 0.1) is 5.92 Å². The molecule has 2 aromatic carbocycles. The number of piperidine rings is 1. The third kappa shape index (κ3) is 4.33. The maximum absolute atomic E-state index is 13.3. The Morgan fingerprint density at radius 2 is 1.90 bits per heavy atom. The van der Waals surface area contributed by atoms with Crippen LogP contribution in [0.1, 0.15) is 49.3 Å². The average Bonchev–Trinajstić information content (AvgIpc) is 2.81. The second kappa shape index (κ2) is 9.15. The molecule has 4 rings (SSSR count). The topological polar surface area (TPSA) is 59.0 Å². The van der Waals surface area contributed by atoms with Crippen molar-refractivity contribution in [1.82, 2.24) is 4.90 Å². The molecule has 1 N–H and O–H groups in total. The molecular formula is C26H31NO4. The fourth-order valence-corrected chi connectivity index (χ4v) is 5.20. The van der Waals surface area contributed by atoms with Gasteiger partial charge in [-0.15, -0.1) is 0 Å². The molecule has 0 aromatic heterocycles. The van der Waals surface area contributed by atoms with Gasteiger partial charge in [-0.2, -0.15) is 0 Å². The molecule has 164 valence electrons. The van der Waals surface area contributed by atoms with E-state index in [9.17, 15) is 9.90 Å². The van der Waals surface area contributed by atoms with Gasteiger partial charge in [0.25, 0.3) is 0 Å². The van der Waals surface area contributed by atoms with Crippen LogP contribution in [0.5, 0.6) is 11.5 Å². The summed E-state index contributed by atoms with van der Waals surface area (Å²) < 4.78 is 11.1. The number of aliphatic hydroxyl groups is 1. The molecule has 3 atom stereocenters. The van der Waals surface area contributed by atoms with Crippen molar-refractivity contribution in [3.8, 4) is 11.5 Å². The summed E-state index contributed by atoms with van der Waals surface area (Å²) in [5.74, 6) is 1.33. The van der Waals surface area contributed by atoms with E-state index < -0.39 is 5.60 Å². The molecule has 1 aliphatic carbocycles. The molecule has 1 saturated carbocycles. The second-order valence-electron chi connectivity index (χ2n) is 8.53. The largest absolute Gasteiger partial charge is 0.497 e. The van der Waals surface area contributed by atoms with Gasteiger partial charge in [-0.05, 0) is 43.0 Å². The fourth-order valence-electron chi connectivity index (χ4n) is 5.20. The summed E-state index contributed by atoms with van der Waals surface area (Å²) in [6, 6.07) is 15.3. The zero-order valence-electron chi connectivity index (χ0n) is 18.3. The zero-order chi connectivity index (χ0) is 21.8. The third-order valence-electron chi connectivity index (χ3n) is 6.83. The molecule has 31 heavy (non-hydrogen) atoms. The molecule has 2 fully saturated rings. The molecule has 0 radical (unpaired) electrons. The van der Waals surface area contributed by atoms with Gasteiger partial charge in [-0.1, -0.05) is 43.2 Å². The standard InChI is InChI=1S/C26H31NO4/c1-30-20-12-13-21(23(18-20)31-2)25-22-10-6-7-15-26(22,29)16-17-27(25)24(28)14-11-19-8-4-3-5-9-19/h3-5,8-9,11-14,18,22,25,29H,6-7,10,15-17H2,1-2H3. The lowest BCUT2D eigenvalue weighted by atomic mass is 9.66. The Morgan fingerprint density at radius 1 is 1.10 bits per heavy atom. The van der Waals surface area contributed by atoms with Gasteiger partial charge < -0.3 is 19.5 Å². The first-order valence-electron chi connectivity index (χ1n) is 11.0. The van der Waals surface area contributed by atoms with Gasteiger partial charge in [0.05, 0.1) is 25.9 Å². The number of benzene rings is 2. The van der Waals surface area contributed by atoms with E-state index >= 15 is 0 Å². The predicted molar refractivity (Wildman–Crippen MR) is 121 cm³/mol. The first kappa shape index (κ1) is 21.4. The van der Waals surface area contributed by atoms with Crippen molar-refractivity contribution in [1.29, 1.82) is 0 Å². The summed E-state index contributed by atoms with van der Waals surface area (Å²) >= 11 is 0. The summed E-state index contributed by atoms with van der Waals surface area (Å²) in [6.45, 7) is 0.519. The number of amides is 1. The van der Waals surface area contributed by atoms with Gasteiger partial charge in [0.1, 0.15) is 11.5 Å². The number of likely N-dealkylation sites (tertiary alicyclic amines) is 1. The molecule has 2 aliphatic rings. The number of hydrogen-bond acceptors (Lipinski definition) is 4. The van der Waals surface area contributed by atoms with E-state index in [1.807, 2.05) is 59.5 Å². The lowest BCUT2D eigenvalue weighted by Crippen LogP contribution is -2.56. The Hall–Kier alpha value is -2.79. The van der Waals surface area contributed by atoms with E-state index in [4.69, 9.17) is 9.47 Å². The first-order chi connectivity index (χ1) is 15.1. The summed E-state index contributed by atoms with van der Waals surface area (Å²) in [5.41, 5.74) is 1.17. The van der Waals surface area contributed by atoms with Crippen molar-refractivity contribution in [3.05, 3.63) is 65.7 Å². The minimum absolute atomic E-state index is 0.0219. The normalized spacial score (nSPS) is 25.8. The van der Waals surface area contributed by atoms with Gasteiger partial charge in [-0.25, -0.2) is 0 Å². The maximum atomic E-state index is 13.3. The molecule has 1 saturated heterocycles. The number of carbonyl (C=O) groups is 1. The second-order valence-corrected chi connectivity index (χ2v) is 8.53. The highest BCUT2D eigenvalue weighted by Crippen LogP contribution is 2.51. The molecule has 5 heteroatoms. The lowest BCUT2D eigenvalue weighted by molar-refractivity contribution is -0.151. The highest BCUT2D eigenvalue weighted by atomic mass is 16.5. The number of ether oxygens (including phenoxy) is 2. The maximum Gasteiger partial charge on any atom is 0.247 e. The Balaban J connectivity index is 1.72. The van der Waals surface area contributed by atoms with E-state index in [0.717, 1.165) is 36.8 Å². The van der Waals surface area contributed by atoms with Crippen LogP contribution in [0.25, 0.3) is 6.08 Å². The molecule has 1 heterocycles. The smallest absolute Gasteiger partial charge is 0.247 e. The molecular weight excluding hydrogens is 390 g/mol. The summed E-state index contributed by atoms with van der Waals surface area (Å²) in [4.78, 5) is 15.3. The lowest BCUT2D eigenvalue weighted by Gasteiger charge is -2.52. The van der Waals surface area contributed by atoms with E-state index in [1.165, 1.54) is 0 Å². The Morgan fingerprint density at radius 3 is 2.65 bits per heavy atom. The van der Waals surface area contributed by atoms with Crippen molar-refractivity contribution in [3.63, 3.8) is 0 Å². The molecule has 1 amide bonds. The minimum atomic E-state index is -0.742. The van der Waals surface area contributed by atoms with Crippen molar-refractivity contribution >= 4 is 12.0 Å². The molecule has 1 aliphatic heterocycles. The van der Waals surface area contributed by atoms with Gasteiger partial charge in [-0.3, -0.25) is 4.79 Å². The Kier molecular flexibility index (Phi) is 6.33. The van der Waals surface area contributed by atoms with Crippen LogP contribution >= 0.6 is 0 Å². The van der Waals surface area contributed by atoms with Crippen LogP contribution in [0.4, 0.5) is 0 Å². The zero-order valence-corrected chi connectivity index (χ0v) is 18.3. The van der Waals surface area contributed by atoms with Crippen LogP contribution in [0.2, 0.25) is 0 Å². The molecule has 0 bridgehead atoms. The molecule has 2 aromatic rings. The average molecular weight is 422 g/mol. The van der Waals surface area contributed by atoms with Crippen molar-refractivity contribution < 1.29 is 19.4 Å². The first-order valence-corrected chi connectivity index (χ1v) is 11.0. The minimum Gasteiger partial charge on any atom is -0.497 e. The quantitative estimate of drug-likeness (QED) is 0.716. The Bertz CT molecular complexity index is 942. The molecule has 3 unspecified atom stereocenters. The van der Waals surface area contributed by atoms with Gasteiger partial charge >= 0.3 is 0 Å². The van der Waals surface area contributed by atoms with Crippen LogP contribution in [0.3, 0.4) is 0 Å². The number of methoxy groups -OCH3 is 2. The van der Waals surface area contributed by atoms with Crippen molar-refractivity contribution in [2.75, 3.05) is 20.8 Å². The summed E-state index contributed by atoms with van der Waals surface area (Å²) in [7, 11) is 3.26. The van der Waals surface area contributed by atoms with Crippen LogP contribution in [-0.2, 0) is 4.79 Å². The van der Waals surface area contributed by atoms with Gasteiger partial charge in [0.2, 0.25) is 5.91 Å². The van der Waals surface area contributed by atoms with Gasteiger partial charge in [0, 0.05) is 30.2 Å². The number of rotatable bonds is 5. The monoisotopic (exact) mass is 421 g/mol. The number of hydrogen-bond donors (Lipinski definition) is 1. The number of fused-ring (bicyclic) bond motifs is 1. The summed E-state index contributed by atoms with van der Waals surface area (Å²) in [6.07, 6.45) is 7.87.